The molecule has 0 heterocycles. The average Bonchev–Trinajstić information content (AvgIpc) is 2.56. The van der Waals surface area contributed by atoms with E-state index in [1.165, 1.54) is 6.08 Å². The van der Waals surface area contributed by atoms with Gasteiger partial charge in [0.25, 0.3) is 0 Å². The number of rotatable bonds is 6. The zero-order valence-corrected chi connectivity index (χ0v) is 12.4. The second kappa shape index (κ2) is 8.00. The third kappa shape index (κ3) is 4.75. The molecule has 0 spiro atoms. The van der Waals surface area contributed by atoms with E-state index in [1.54, 1.807) is 37.5 Å². The number of carbonyl (C=O) groups excluding carboxylic acids is 1. The molecule has 0 aliphatic rings. The van der Waals surface area contributed by atoms with Gasteiger partial charge >= 0.3 is 0 Å². The summed E-state index contributed by atoms with van der Waals surface area (Å²) in [5.74, 6) is 0.0260. The number of nitrogens with one attached hydrogen (secondary N) is 1. The number of hydrogen-bond donors (Lipinski definition) is 2. The third-order valence-corrected chi connectivity index (χ3v) is 3.24. The molecule has 0 aliphatic carbocycles. The van der Waals surface area contributed by atoms with Gasteiger partial charge in [0, 0.05) is 19.7 Å². The summed E-state index contributed by atoms with van der Waals surface area (Å²) in [7, 11) is 1.59. The lowest BCUT2D eigenvalue weighted by Crippen LogP contribution is -2.27. The van der Waals surface area contributed by atoms with Crippen molar-refractivity contribution in [1.29, 1.82) is 0 Å². The number of hydrogen-bond acceptors (Lipinski definition) is 3. The van der Waals surface area contributed by atoms with E-state index >= 15 is 0 Å². The minimum Gasteiger partial charge on any atom is -0.508 e. The maximum absolute atomic E-state index is 11.8. The van der Waals surface area contributed by atoms with Crippen molar-refractivity contribution in [2.75, 3.05) is 13.7 Å². The summed E-state index contributed by atoms with van der Waals surface area (Å²) in [6, 6.07) is 16.4. The first-order chi connectivity index (χ1) is 10.7. The Bertz CT molecular complexity index is 621. The molecule has 1 amide bonds. The molecule has 1 atom stereocenters. The Kier molecular flexibility index (Phi) is 5.74. The largest absolute Gasteiger partial charge is 0.508 e. The van der Waals surface area contributed by atoms with Gasteiger partial charge in [-0.1, -0.05) is 42.5 Å². The minimum absolute atomic E-state index is 0.176. The molecule has 2 N–H and O–H groups in total. The molecule has 0 unspecified atom stereocenters. The fourth-order valence-corrected chi connectivity index (χ4v) is 2.01. The van der Waals surface area contributed by atoms with Gasteiger partial charge in [0.05, 0.1) is 6.10 Å². The average molecular weight is 297 g/mol. The smallest absolute Gasteiger partial charge is 0.244 e. The summed E-state index contributed by atoms with van der Waals surface area (Å²) in [5.41, 5.74) is 1.87. The first-order valence-electron chi connectivity index (χ1n) is 7.01. The van der Waals surface area contributed by atoms with Crippen molar-refractivity contribution in [1.82, 2.24) is 5.32 Å². The molecule has 4 nitrogen and oxygen atoms in total. The lowest BCUT2D eigenvalue weighted by molar-refractivity contribution is -0.117. The van der Waals surface area contributed by atoms with Crippen LogP contribution >= 0.6 is 0 Å². The van der Waals surface area contributed by atoms with Crippen molar-refractivity contribution in [3.8, 4) is 5.75 Å². The van der Waals surface area contributed by atoms with E-state index in [4.69, 9.17) is 4.74 Å². The summed E-state index contributed by atoms with van der Waals surface area (Å²) in [5, 5.41) is 12.1. The third-order valence-electron chi connectivity index (χ3n) is 3.24. The molecule has 0 saturated carbocycles. The maximum Gasteiger partial charge on any atom is 0.244 e. The maximum atomic E-state index is 11.8. The van der Waals surface area contributed by atoms with Crippen LogP contribution in [0.5, 0.6) is 5.75 Å². The predicted octanol–water partition coefficient (Wildman–Crippen LogP) is 2.91. The molecule has 114 valence electrons. The van der Waals surface area contributed by atoms with Crippen LogP contribution in [0.15, 0.2) is 60.7 Å². The normalized spacial score (nSPS) is 12.2. The molecule has 0 radical (unpaired) electrons. The van der Waals surface area contributed by atoms with Gasteiger partial charge in [0.1, 0.15) is 5.75 Å². The topological polar surface area (TPSA) is 58.6 Å². The van der Waals surface area contributed by atoms with Crippen LogP contribution in [0.4, 0.5) is 0 Å². The molecule has 0 aromatic heterocycles. The van der Waals surface area contributed by atoms with Crippen molar-refractivity contribution >= 4 is 12.0 Å². The fourth-order valence-electron chi connectivity index (χ4n) is 2.01. The zero-order chi connectivity index (χ0) is 15.8. The number of carbonyl (C=O) groups is 1. The molecule has 2 rings (SSSR count). The van der Waals surface area contributed by atoms with Crippen LogP contribution in [0.25, 0.3) is 6.08 Å². The molecule has 2 aromatic rings. The summed E-state index contributed by atoms with van der Waals surface area (Å²) in [6.07, 6.45) is 3.01. The highest BCUT2D eigenvalue weighted by Gasteiger charge is 2.11. The Morgan fingerprint density at radius 2 is 1.86 bits per heavy atom. The van der Waals surface area contributed by atoms with Crippen LogP contribution < -0.4 is 5.32 Å². The Morgan fingerprint density at radius 1 is 1.18 bits per heavy atom. The molecule has 22 heavy (non-hydrogen) atoms. The highest BCUT2D eigenvalue weighted by molar-refractivity contribution is 5.91. The van der Waals surface area contributed by atoms with Crippen LogP contribution in [-0.2, 0) is 9.53 Å². The lowest BCUT2D eigenvalue weighted by Gasteiger charge is -2.16. The Morgan fingerprint density at radius 3 is 2.50 bits per heavy atom. The number of methoxy groups -OCH3 is 1. The molecular formula is C18H19NO3. The standard InChI is InChI=1S/C18H19NO3/c1-22-17(15-8-10-16(20)11-9-15)13-19-18(21)12-7-14-5-3-2-4-6-14/h2-12,17,20H,13H2,1H3,(H,19,21)/t17-/m1/s1. The second-order valence-corrected chi connectivity index (χ2v) is 4.81. The number of phenols is 1. The minimum atomic E-state index is -0.255. The van der Waals surface area contributed by atoms with Gasteiger partial charge in [-0.15, -0.1) is 0 Å². The zero-order valence-electron chi connectivity index (χ0n) is 12.4. The van der Waals surface area contributed by atoms with Crippen LogP contribution in [0.2, 0.25) is 0 Å². The summed E-state index contributed by atoms with van der Waals surface area (Å²) in [6.45, 7) is 0.360. The molecule has 2 aromatic carbocycles. The predicted molar refractivity (Wildman–Crippen MR) is 86.3 cm³/mol. The first-order valence-corrected chi connectivity index (χ1v) is 7.01. The molecule has 0 aliphatic heterocycles. The molecule has 4 heteroatoms. The van der Waals surface area contributed by atoms with E-state index in [0.29, 0.717) is 6.54 Å². The second-order valence-electron chi connectivity index (χ2n) is 4.81. The van der Waals surface area contributed by atoms with E-state index in [9.17, 15) is 9.90 Å². The van der Waals surface area contributed by atoms with E-state index in [0.717, 1.165) is 11.1 Å². The van der Waals surface area contributed by atoms with Gasteiger partial charge in [-0.05, 0) is 29.3 Å². The van der Waals surface area contributed by atoms with E-state index < -0.39 is 0 Å². The van der Waals surface area contributed by atoms with Crippen molar-refractivity contribution < 1.29 is 14.6 Å². The van der Waals surface area contributed by atoms with Gasteiger partial charge in [0.15, 0.2) is 0 Å². The summed E-state index contributed by atoms with van der Waals surface area (Å²) >= 11 is 0. The van der Waals surface area contributed by atoms with Crippen molar-refractivity contribution in [2.24, 2.45) is 0 Å². The summed E-state index contributed by atoms with van der Waals surface area (Å²) in [4.78, 5) is 11.8. The summed E-state index contributed by atoms with van der Waals surface area (Å²) < 4.78 is 5.37. The highest BCUT2D eigenvalue weighted by atomic mass is 16.5. The van der Waals surface area contributed by atoms with Crippen LogP contribution in [0.3, 0.4) is 0 Å². The highest BCUT2D eigenvalue weighted by Crippen LogP contribution is 2.18. The fraction of sp³-hybridized carbons (Fsp3) is 0.167. The molecule has 0 fully saturated rings. The van der Waals surface area contributed by atoms with Crippen LogP contribution in [-0.4, -0.2) is 24.7 Å². The molecular weight excluding hydrogens is 278 g/mol. The Labute approximate surface area is 130 Å². The van der Waals surface area contributed by atoms with E-state index in [1.807, 2.05) is 30.3 Å². The van der Waals surface area contributed by atoms with Crippen LogP contribution in [0, 0.1) is 0 Å². The van der Waals surface area contributed by atoms with Gasteiger partial charge in [-0.2, -0.15) is 0 Å². The first kappa shape index (κ1) is 15.8. The number of aromatic hydroxyl groups is 1. The quantitative estimate of drug-likeness (QED) is 0.806. The Balaban J connectivity index is 1.89. The number of phenolic OH excluding ortho intramolecular Hbond substituents is 1. The van der Waals surface area contributed by atoms with E-state index in [-0.39, 0.29) is 17.8 Å². The van der Waals surface area contributed by atoms with Crippen molar-refractivity contribution in [3.63, 3.8) is 0 Å². The molecule has 0 bridgehead atoms. The van der Waals surface area contributed by atoms with E-state index in [2.05, 4.69) is 5.32 Å². The van der Waals surface area contributed by atoms with Crippen molar-refractivity contribution in [3.05, 3.63) is 71.8 Å². The van der Waals surface area contributed by atoms with Gasteiger partial charge in [-0.25, -0.2) is 0 Å². The van der Waals surface area contributed by atoms with Gasteiger partial charge in [0.2, 0.25) is 5.91 Å². The SMILES string of the molecule is CO[C@H](CNC(=O)C=Cc1ccccc1)c1ccc(O)cc1. The lowest BCUT2D eigenvalue weighted by atomic mass is 10.1. The number of amides is 1. The van der Waals surface area contributed by atoms with Gasteiger partial charge in [-0.3, -0.25) is 4.79 Å². The van der Waals surface area contributed by atoms with Gasteiger partial charge < -0.3 is 15.2 Å². The molecule has 0 saturated heterocycles. The monoisotopic (exact) mass is 297 g/mol. The van der Waals surface area contributed by atoms with Crippen molar-refractivity contribution in [2.45, 2.75) is 6.10 Å². The Hall–Kier alpha value is -2.59. The van der Waals surface area contributed by atoms with Crippen LogP contribution in [0.1, 0.15) is 17.2 Å². The number of benzene rings is 2. The number of ether oxygens (including phenoxy) is 1.